The van der Waals surface area contributed by atoms with Gasteiger partial charge >= 0.3 is 0 Å². The molecule has 0 bridgehead atoms. The fraction of sp³-hybridized carbons (Fsp3) is 0.273. The zero-order valence-electron chi connectivity index (χ0n) is 15.5. The van der Waals surface area contributed by atoms with E-state index in [9.17, 15) is 4.79 Å². The maximum Gasteiger partial charge on any atom is 0.212 e. The number of methoxy groups -OCH3 is 1. The maximum atomic E-state index is 12.5. The fourth-order valence-electron chi connectivity index (χ4n) is 2.53. The van der Waals surface area contributed by atoms with Gasteiger partial charge in [-0.3, -0.25) is 4.79 Å². The predicted molar refractivity (Wildman–Crippen MR) is 107 cm³/mol. The number of hydrogen-bond acceptors (Lipinski definition) is 4. The van der Waals surface area contributed by atoms with Gasteiger partial charge < -0.3 is 10.1 Å². The first-order chi connectivity index (χ1) is 12.5. The molecule has 2 aromatic rings. The number of nitrogens with one attached hydrogen (secondary N) is 1. The Hall–Kier alpha value is -2.88. The summed E-state index contributed by atoms with van der Waals surface area (Å²) in [4.78, 5) is 16.5. The topological polar surface area (TPSA) is 51.2 Å². The van der Waals surface area contributed by atoms with E-state index in [0.717, 1.165) is 12.1 Å². The van der Waals surface area contributed by atoms with E-state index < -0.39 is 0 Å². The zero-order valence-corrected chi connectivity index (χ0v) is 15.5. The van der Waals surface area contributed by atoms with Crippen molar-refractivity contribution in [3.63, 3.8) is 0 Å². The van der Waals surface area contributed by atoms with E-state index in [1.54, 1.807) is 12.1 Å². The molecule has 0 radical (unpaired) electrons. The first-order valence-corrected chi connectivity index (χ1v) is 8.84. The van der Waals surface area contributed by atoms with Gasteiger partial charge in [0.15, 0.2) is 5.78 Å². The van der Waals surface area contributed by atoms with E-state index in [0.29, 0.717) is 22.7 Å². The molecule has 0 saturated heterocycles. The van der Waals surface area contributed by atoms with Crippen molar-refractivity contribution in [2.75, 3.05) is 12.4 Å². The second kappa shape index (κ2) is 9.56. The van der Waals surface area contributed by atoms with E-state index in [4.69, 9.17) is 4.74 Å². The van der Waals surface area contributed by atoms with Crippen LogP contribution in [0.15, 0.2) is 67.0 Å². The normalized spacial score (nSPS) is 10.2. The molecule has 0 atom stereocenters. The summed E-state index contributed by atoms with van der Waals surface area (Å²) in [6.45, 7) is 10.0. The van der Waals surface area contributed by atoms with Gasteiger partial charge in [0.1, 0.15) is 0 Å². The summed E-state index contributed by atoms with van der Waals surface area (Å²) < 4.78 is 5.00. The first kappa shape index (κ1) is 19.4. The number of hydrogen-bond donors (Lipinski definition) is 1. The average molecular weight is 350 g/mol. The van der Waals surface area contributed by atoms with Crippen molar-refractivity contribution in [1.29, 1.82) is 0 Å². The van der Waals surface area contributed by atoms with Crippen LogP contribution < -0.4 is 10.1 Å². The van der Waals surface area contributed by atoms with Crippen molar-refractivity contribution < 1.29 is 9.53 Å². The minimum atomic E-state index is -0.214. The van der Waals surface area contributed by atoms with E-state index >= 15 is 0 Å². The van der Waals surface area contributed by atoms with Crippen LogP contribution in [0.2, 0.25) is 0 Å². The van der Waals surface area contributed by atoms with E-state index in [-0.39, 0.29) is 5.78 Å². The van der Waals surface area contributed by atoms with E-state index in [2.05, 4.69) is 42.5 Å². The summed E-state index contributed by atoms with van der Waals surface area (Å²) in [6.07, 6.45) is 6.24. The Balaban J connectivity index is 1.95. The monoisotopic (exact) mass is 350 g/mol. The minimum absolute atomic E-state index is 0.214. The van der Waals surface area contributed by atoms with E-state index in [1.807, 2.05) is 12.1 Å². The van der Waals surface area contributed by atoms with Crippen molar-refractivity contribution in [2.24, 2.45) is 0 Å². The molecular formula is C22H26N2O2. The second-order valence-corrected chi connectivity index (χ2v) is 6.15. The Morgan fingerprint density at radius 3 is 2.42 bits per heavy atom. The van der Waals surface area contributed by atoms with Gasteiger partial charge in [0, 0.05) is 34.8 Å². The lowest BCUT2D eigenvalue weighted by Gasteiger charge is -2.12. The number of allylic oxidation sites excluding steroid dienone is 1. The Kier molecular flexibility index (Phi) is 7.15. The molecule has 4 heteroatoms. The lowest BCUT2D eigenvalue weighted by Crippen LogP contribution is -2.10. The molecule has 0 unspecified atom stereocenters. The molecule has 26 heavy (non-hydrogen) atoms. The molecule has 4 nitrogen and oxygen atoms in total. The van der Waals surface area contributed by atoms with Crippen LogP contribution in [0.3, 0.4) is 0 Å². The van der Waals surface area contributed by atoms with Crippen molar-refractivity contribution in [2.45, 2.75) is 32.6 Å². The van der Waals surface area contributed by atoms with Gasteiger partial charge in [-0.15, -0.1) is 0 Å². The number of unbranched alkanes of at least 4 members (excludes halogenated alkanes) is 2. The summed E-state index contributed by atoms with van der Waals surface area (Å²) in [7, 11) is 1.53. The molecule has 1 aromatic carbocycles. The van der Waals surface area contributed by atoms with Crippen LogP contribution in [-0.2, 0) is 6.42 Å². The highest BCUT2D eigenvalue weighted by Crippen LogP contribution is 2.19. The molecule has 136 valence electrons. The predicted octanol–water partition coefficient (Wildman–Crippen LogP) is 5.19. The SMILES string of the molecule is C=C(Nc1ccc(CCCCC)cc1)C(=C)C(=O)c1ccc(OC)nc1. The van der Waals surface area contributed by atoms with Crippen LogP contribution in [-0.4, -0.2) is 17.9 Å². The summed E-state index contributed by atoms with van der Waals surface area (Å²) in [5.41, 5.74) is 3.43. The number of ether oxygens (including phenoxy) is 1. The van der Waals surface area contributed by atoms with Crippen molar-refractivity contribution in [3.05, 3.63) is 78.1 Å². The van der Waals surface area contributed by atoms with Crippen molar-refractivity contribution in [1.82, 2.24) is 4.98 Å². The summed E-state index contributed by atoms with van der Waals surface area (Å²) in [6, 6.07) is 11.5. The second-order valence-electron chi connectivity index (χ2n) is 6.15. The summed E-state index contributed by atoms with van der Waals surface area (Å²) >= 11 is 0. The number of ketones is 1. The quantitative estimate of drug-likeness (QED) is 0.277. The lowest BCUT2D eigenvalue weighted by atomic mass is 10.0. The molecule has 0 fully saturated rings. The minimum Gasteiger partial charge on any atom is -0.481 e. The fourth-order valence-corrected chi connectivity index (χ4v) is 2.53. The van der Waals surface area contributed by atoms with Crippen LogP contribution in [0, 0.1) is 0 Å². The number of aryl methyl sites for hydroxylation is 1. The molecule has 1 heterocycles. The molecule has 0 aliphatic carbocycles. The highest BCUT2D eigenvalue weighted by Gasteiger charge is 2.14. The van der Waals surface area contributed by atoms with Gasteiger partial charge in [-0.1, -0.05) is 45.1 Å². The van der Waals surface area contributed by atoms with Gasteiger partial charge in [0.25, 0.3) is 0 Å². The standard InChI is InChI=1S/C22H26N2O2/c1-5-6-7-8-18-9-12-20(13-10-18)24-17(3)16(2)22(25)19-11-14-21(26-4)23-15-19/h9-15,24H,2-3,5-8H2,1,4H3. The molecular weight excluding hydrogens is 324 g/mol. The maximum absolute atomic E-state index is 12.5. The molecule has 0 aliphatic rings. The number of carbonyl (C=O) groups is 1. The Morgan fingerprint density at radius 1 is 1.12 bits per heavy atom. The molecule has 0 amide bonds. The van der Waals surface area contributed by atoms with Gasteiger partial charge in [-0.2, -0.15) is 0 Å². The molecule has 0 saturated carbocycles. The Bertz CT molecular complexity index is 762. The highest BCUT2D eigenvalue weighted by atomic mass is 16.5. The Morgan fingerprint density at radius 2 is 1.85 bits per heavy atom. The van der Waals surface area contributed by atoms with Gasteiger partial charge in [-0.05, 0) is 36.6 Å². The smallest absolute Gasteiger partial charge is 0.212 e. The van der Waals surface area contributed by atoms with Crippen LogP contribution in [0.4, 0.5) is 5.69 Å². The first-order valence-electron chi connectivity index (χ1n) is 8.84. The largest absolute Gasteiger partial charge is 0.481 e. The van der Waals surface area contributed by atoms with Crippen LogP contribution in [0.25, 0.3) is 0 Å². The van der Waals surface area contributed by atoms with Crippen LogP contribution >= 0.6 is 0 Å². The molecule has 2 rings (SSSR count). The number of Topliss-reactive ketones (excluding diaryl/α,β-unsaturated/α-hetero) is 1. The number of rotatable bonds is 10. The zero-order chi connectivity index (χ0) is 18.9. The number of aromatic nitrogens is 1. The number of benzene rings is 1. The van der Waals surface area contributed by atoms with Gasteiger partial charge in [0.2, 0.25) is 5.88 Å². The number of pyridine rings is 1. The van der Waals surface area contributed by atoms with Gasteiger partial charge in [0.05, 0.1) is 7.11 Å². The third kappa shape index (κ3) is 5.31. The third-order valence-electron chi connectivity index (χ3n) is 4.16. The number of carbonyl (C=O) groups excluding carboxylic acids is 1. The lowest BCUT2D eigenvalue weighted by molar-refractivity contribution is 0.103. The number of anilines is 1. The summed E-state index contributed by atoms with van der Waals surface area (Å²) in [5, 5.41) is 3.15. The molecule has 1 aromatic heterocycles. The molecule has 0 aliphatic heterocycles. The molecule has 1 N–H and O–H groups in total. The van der Waals surface area contributed by atoms with Gasteiger partial charge in [-0.25, -0.2) is 4.98 Å². The highest BCUT2D eigenvalue weighted by molar-refractivity contribution is 6.11. The van der Waals surface area contributed by atoms with E-state index in [1.165, 1.54) is 38.1 Å². The number of nitrogens with zero attached hydrogens (tertiary/aromatic N) is 1. The summed E-state index contributed by atoms with van der Waals surface area (Å²) in [5.74, 6) is 0.247. The third-order valence-corrected chi connectivity index (χ3v) is 4.16. The van der Waals surface area contributed by atoms with Crippen LogP contribution in [0.1, 0.15) is 42.1 Å². The average Bonchev–Trinajstić information content (AvgIpc) is 2.68. The van der Waals surface area contributed by atoms with Crippen molar-refractivity contribution >= 4 is 11.5 Å². The van der Waals surface area contributed by atoms with Crippen molar-refractivity contribution in [3.8, 4) is 5.88 Å². The Labute approximate surface area is 155 Å². The molecule has 0 spiro atoms. The van der Waals surface area contributed by atoms with Crippen LogP contribution in [0.5, 0.6) is 5.88 Å².